The summed E-state index contributed by atoms with van der Waals surface area (Å²) in [7, 11) is -0.803. The molecule has 11 heteroatoms. The first-order valence-electron chi connectivity index (χ1n) is 13.1. The van der Waals surface area contributed by atoms with E-state index in [0.29, 0.717) is 18.0 Å². The number of nitrogens with one attached hydrogen (secondary N) is 3. The molecule has 3 aromatic rings. The summed E-state index contributed by atoms with van der Waals surface area (Å²) >= 11 is 5.31. The average molecular weight is 588 g/mol. The number of carbonyl (C=O) groups is 2. The number of benzene rings is 2. The van der Waals surface area contributed by atoms with Crippen molar-refractivity contribution in [1.82, 2.24) is 15.6 Å². The molecule has 0 aliphatic carbocycles. The van der Waals surface area contributed by atoms with Crippen molar-refractivity contribution in [2.75, 3.05) is 18.6 Å². The van der Waals surface area contributed by atoms with Gasteiger partial charge in [-0.05, 0) is 75.2 Å². The minimum Gasteiger partial charge on any atom is -0.459 e. The summed E-state index contributed by atoms with van der Waals surface area (Å²) in [5.41, 5.74) is 1.73. The van der Waals surface area contributed by atoms with Crippen molar-refractivity contribution in [3.05, 3.63) is 65.9 Å². The zero-order valence-corrected chi connectivity index (χ0v) is 24.9. The molecule has 40 heavy (non-hydrogen) atoms. The van der Waals surface area contributed by atoms with Crippen LogP contribution in [-0.2, 0) is 38.1 Å². The second kappa shape index (κ2) is 14.8. The van der Waals surface area contributed by atoms with Crippen LogP contribution in [0.4, 0.5) is 4.79 Å². The molecule has 0 aliphatic heterocycles. The van der Waals surface area contributed by atoms with E-state index >= 15 is 0 Å². The zero-order chi connectivity index (χ0) is 29.1. The molecule has 216 valence electrons. The third kappa shape index (κ3) is 10.6. The van der Waals surface area contributed by atoms with Crippen LogP contribution in [0.3, 0.4) is 0 Å². The molecule has 0 saturated heterocycles. The van der Waals surface area contributed by atoms with Gasteiger partial charge in [-0.15, -0.1) is 0 Å². The predicted octanol–water partition coefficient (Wildman–Crippen LogP) is 4.76. The zero-order valence-electron chi connectivity index (χ0n) is 23.3. The Labute approximate surface area is 242 Å². The smallest absolute Gasteiger partial charge is 0.408 e. The topological polar surface area (TPSA) is 119 Å². The van der Waals surface area contributed by atoms with Crippen LogP contribution in [0.2, 0.25) is 0 Å². The molecule has 0 spiro atoms. The number of fused-ring (bicyclic) bond motifs is 1. The number of carbonyl (C=O) groups excluding carboxylic acids is 2. The summed E-state index contributed by atoms with van der Waals surface area (Å²) in [5.74, 6) is 0.615. The number of hydrogen-bond donors (Lipinski definition) is 3. The maximum absolute atomic E-state index is 13.1. The van der Waals surface area contributed by atoms with Gasteiger partial charge in [0.1, 0.15) is 24.0 Å². The van der Waals surface area contributed by atoms with E-state index in [-0.39, 0.29) is 18.2 Å². The summed E-state index contributed by atoms with van der Waals surface area (Å²) in [6.07, 6.45) is 4.60. The number of alkyl carbamates (subject to hydrolysis) is 1. The number of H-pyrrole nitrogens is 1. The second-order valence-corrected chi connectivity index (χ2v) is 12.2. The Bertz CT molecular complexity index is 1320. The maximum Gasteiger partial charge on any atom is 0.408 e. The molecule has 3 rings (SSSR count). The van der Waals surface area contributed by atoms with Crippen molar-refractivity contribution in [2.45, 2.75) is 58.3 Å². The van der Waals surface area contributed by atoms with Crippen LogP contribution < -0.4 is 15.4 Å². The fourth-order valence-corrected chi connectivity index (χ4v) is 4.66. The SMILES string of the molecule is CS(=O)CCCCNC(=S)Oc1ccc2[nH]cc(C[C@H](NC(=O)OC(C)(C)C)C(=O)OCc3ccccc3)c2c1. The predicted molar refractivity (Wildman–Crippen MR) is 161 cm³/mol. The molecule has 3 N–H and O–H groups in total. The van der Waals surface area contributed by atoms with Gasteiger partial charge in [-0.25, -0.2) is 9.59 Å². The van der Waals surface area contributed by atoms with Gasteiger partial charge in [-0.3, -0.25) is 4.21 Å². The molecular weight excluding hydrogens is 550 g/mol. The molecule has 1 amide bonds. The van der Waals surface area contributed by atoms with Crippen LogP contribution in [0.1, 0.15) is 44.7 Å². The highest BCUT2D eigenvalue weighted by molar-refractivity contribution is 7.84. The monoisotopic (exact) mass is 587 g/mol. The van der Waals surface area contributed by atoms with Gasteiger partial charge in [0.2, 0.25) is 0 Å². The highest BCUT2D eigenvalue weighted by Crippen LogP contribution is 2.25. The largest absolute Gasteiger partial charge is 0.459 e. The number of aromatic nitrogens is 1. The van der Waals surface area contributed by atoms with Crippen molar-refractivity contribution < 1.29 is 28.0 Å². The number of aromatic amines is 1. The molecular formula is C29H37N3O6S2. The highest BCUT2D eigenvalue weighted by Gasteiger charge is 2.27. The number of hydrogen-bond acceptors (Lipinski definition) is 7. The Morgan fingerprint density at radius 1 is 1.10 bits per heavy atom. The van der Waals surface area contributed by atoms with Gasteiger partial charge < -0.3 is 29.8 Å². The molecule has 9 nitrogen and oxygen atoms in total. The number of thiocarbonyl (C=S) groups is 1. The van der Waals surface area contributed by atoms with Gasteiger partial charge in [-0.2, -0.15) is 0 Å². The number of ether oxygens (including phenoxy) is 3. The normalized spacial score (nSPS) is 12.8. The second-order valence-electron chi connectivity index (χ2n) is 10.3. The van der Waals surface area contributed by atoms with E-state index in [1.54, 1.807) is 39.3 Å². The van der Waals surface area contributed by atoms with Crippen LogP contribution in [-0.4, -0.2) is 56.6 Å². The minimum atomic E-state index is -0.984. The van der Waals surface area contributed by atoms with Crippen molar-refractivity contribution in [3.63, 3.8) is 0 Å². The average Bonchev–Trinajstić information content (AvgIpc) is 3.28. The first kappa shape index (κ1) is 31.1. The van der Waals surface area contributed by atoms with E-state index in [0.717, 1.165) is 34.9 Å². The Morgan fingerprint density at radius 3 is 2.55 bits per heavy atom. The number of amides is 1. The lowest BCUT2D eigenvalue weighted by molar-refractivity contribution is -0.147. The Morgan fingerprint density at radius 2 is 1.85 bits per heavy atom. The van der Waals surface area contributed by atoms with Gasteiger partial charge in [0.15, 0.2) is 0 Å². The summed E-state index contributed by atoms with van der Waals surface area (Å²) < 4.78 is 27.9. The molecule has 1 aromatic heterocycles. The molecule has 1 heterocycles. The van der Waals surface area contributed by atoms with Crippen LogP contribution in [0.5, 0.6) is 5.75 Å². The van der Waals surface area contributed by atoms with E-state index < -0.39 is 34.5 Å². The maximum atomic E-state index is 13.1. The van der Waals surface area contributed by atoms with Gasteiger partial charge in [-0.1, -0.05) is 30.3 Å². The fraction of sp³-hybridized carbons (Fsp3) is 0.414. The van der Waals surface area contributed by atoms with E-state index in [1.807, 2.05) is 42.5 Å². The van der Waals surface area contributed by atoms with Crippen LogP contribution in [0.25, 0.3) is 10.9 Å². The third-order valence-corrected chi connectivity index (χ3v) is 6.79. The minimum absolute atomic E-state index is 0.0821. The van der Waals surface area contributed by atoms with Crippen LogP contribution in [0.15, 0.2) is 54.7 Å². The fourth-order valence-electron chi connectivity index (χ4n) is 3.85. The van der Waals surface area contributed by atoms with Crippen molar-refractivity contribution >= 4 is 51.2 Å². The standard InChI is InChI=1S/C29H37N3O6S2/c1-29(2,3)38-27(34)32-25(26(33)36-19-20-10-6-5-7-11-20)16-21-18-31-24-13-12-22(17-23(21)24)37-28(39)30-14-8-9-15-40(4)35/h5-7,10-13,17-18,25,31H,8-9,14-16,19H2,1-4H3,(H,30,39)(H,32,34)/t25-,40?/m0/s1. The third-order valence-electron chi connectivity index (χ3n) is 5.70. The lowest BCUT2D eigenvalue weighted by Crippen LogP contribution is -2.45. The first-order valence-corrected chi connectivity index (χ1v) is 15.2. The van der Waals surface area contributed by atoms with Crippen molar-refractivity contribution in [2.24, 2.45) is 0 Å². The molecule has 1 unspecified atom stereocenters. The number of esters is 1. The van der Waals surface area contributed by atoms with Gasteiger partial charge in [0.05, 0.1) is 0 Å². The Balaban J connectivity index is 1.70. The summed E-state index contributed by atoms with van der Waals surface area (Å²) in [4.78, 5) is 28.9. The van der Waals surface area contributed by atoms with Crippen LogP contribution in [0, 0.1) is 0 Å². The molecule has 2 aromatic carbocycles. The quantitative estimate of drug-likeness (QED) is 0.158. The first-order chi connectivity index (χ1) is 19.0. The van der Waals surface area contributed by atoms with Gasteiger partial charge in [0, 0.05) is 52.9 Å². The number of unbranched alkanes of at least 4 members (excludes halogenated alkanes) is 1. The molecule has 0 saturated carbocycles. The molecule has 0 radical (unpaired) electrons. The van der Waals surface area contributed by atoms with E-state index in [9.17, 15) is 13.8 Å². The molecule has 0 bridgehead atoms. The molecule has 2 atom stereocenters. The lowest BCUT2D eigenvalue weighted by atomic mass is 10.0. The van der Waals surface area contributed by atoms with E-state index in [1.165, 1.54) is 0 Å². The Hall–Kier alpha value is -3.44. The summed E-state index contributed by atoms with van der Waals surface area (Å²) in [6, 6.07) is 13.8. The molecule has 0 aliphatic rings. The van der Waals surface area contributed by atoms with Crippen molar-refractivity contribution in [3.8, 4) is 5.75 Å². The van der Waals surface area contributed by atoms with Gasteiger partial charge in [0.25, 0.3) is 5.17 Å². The van der Waals surface area contributed by atoms with Crippen LogP contribution >= 0.6 is 12.2 Å². The van der Waals surface area contributed by atoms with E-state index in [2.05, 4.69) is 15.6 Å². The van der Waals surface area contributed by atoms with E-state index in [4.69, 9.17) is 26.4 Å². The molecule has 0 fully saturated rings. The highest BCUT2D eigenvalue weighted by atomic mass is 32.2. The summed E-state index contributed by atoms with van der Waals surface area (Å²) in [5, 5.41) is 6.78. The number of rotatable bonds is 12. The summed E-state index contributed by atoms with van der Waals surface area (Å²) in [6.45, 7) is 5.96. The lowest BCUT2D eigenvalue weighted by Gasteiger charge is -2.23. The van der Waals surface area contributed by atoms with Crippen molar-refractivity contribution in [1.29, 1.82) is 0 Å². The Kier molecular flexibility index (Phi) is 11.5. The van der Waals surface area contributed by atoms with Gasteiger partial charge >= 0.3 is 12.1 Å².